The standard InChI is InChI=1S/C9H10BrN5/c1-6(9-12-5-13-15-9)14-8-2-7(10)3-11-4-8/h2-6,14H,1H3,(H,12,13,15). The highest BCUT2D eigenvalue weighted by molar-refractivity contribution is 9.10. The third-order valence-electron chi connectivity index (χ3n) is 1.93. The SMILES string of the molecule is CC(Nc1cncc(Br)c1)c1ncn[nH]1. The lowest BCUT2D eigenvalue weighted by atomic mass is 10.3. The Labute approximate surface area is 95.5 Å². The minimum atomic E-state index is 0.0728. The van der Waals surface area contributed by atoms with Gasteiger partial charge in [0.15, 0.2) is 0 Å². The van der Waals surface area contributed by atoms with Crippen molar-refractivity contribution < 1.29 is 0 Å². The van der Waals surface area contributed by atoms with Gasteiger partial charge in [-0.1, -0.05) is 0 Å². The zero-order valence-electron chi connectivity index (χ0n) is 8.11. The minimum absolute atomic E-state index is 0.0728. The number of aromatic nitrogens is 4. The summed E-state index contributed by atoms with van der Waals surface area (Å²) in [7, 11) is 0. The highest BCUT2D eigenvalue weighted by Crippen LogP contribution is 2.18. The number of nitrogens with one attached hydrogen (secondary N) is 2. The number of pyridine rings is 1. The quantitative estimate of drug-likeness (QED) is 0.894. The number of rotatable bonds is 3. The Kier molecular flexibility index (Phi) is 2.96. The molecule has 2 aromatic heterocycles. The smallest absolute Gasteiger partial charge is 0.146 e. The maximum absolute atomic E-state index is 4.07. The summed E-state index contributed by atoms with van der Waals surface area (Å²) in [6, 6.07) is 2.03. The summed E-state index contributed by atoms with van der Waals surface area (Å²) in [5, 5.41) is 9.88. The maximum atomic E-state index is 4.07. The number of aromatic amines is 1. The molecular weight excluding hydrogens is 258 g/mol. The van der Waals surface area contributed by atoms with Crippen LogP contribution in [0.1, 0.15) is 18.8 Å². The number of anilines is 1. The van der Waals surface area contributed by atoms with Crippen molar-refractivity contribution in [3.05, 3.63) is 35.1 Å². The number of halogens is 1. The molecule has 2 N–H and O–H groups in total. The van der Waals surface area contributed by atoms with Crippen molar-refractivity contribution in [1.82, 2.24) is 20.2 Å². The predicted octanol–water partition coefficient (Wildman–Crippen LogP) is 2.14. The maximum Gasteiger partial charge on any atom is 0.146 e. The zero-order chi connectivity index (χ0) is 10.7. The van der Waals surface area contributed by atoms with E-state index >= 15 is 0 Å². The molecule has 2 rings (SSSR count). The Balaban J connectivity index is 2.09. The fraction of sp³-hybridized carbons (Fsp3) is 0.222. The van der Waals surface area contributed by atoms with Crippen molar-refractivity contribution in [2.75, 3.05) is 5.32 Å². The minimum Gasteiger partial charge on any atom is -0.374 e. The number of hydrogen-bond donors (Lipinski definition) is 2. The lowest BCUT2D eigenvalue weighted by Crippen LogP contribution is -2.08. The lowest BCUT2D eigenvalue weighted by molar-refractivity contribution is 0.795. The second-order valence-corrected chi connectivity index (χ2v) is 4.04. The summed E-state index contributed by atoms with van der Waals surface area (Å²) in [4.78, 5) is 8.14. The molecule has 1 unspecified atom stereocenters. The molecule has 2 heterocycles. The first-order valence-electron chi connectivity index (χ1n) is 4.48. The van der Waals surface area contributed by atoms with E-state index in [0.29, 0.717) is 0 Å². The van der Waals surface area contributed by atoms with Gasteiger partial charge in [-0.3, -0.25) is 10.1 Å². The van der Waals surface area contributed by atoms with E-state index in [1.165, 1.54) is 6.33 Å². The molecule has 0 aromatic carbocycles. The van der Waals surface area contributed by atoms with Crippen molar-refractivity contribution in [2.45, 2.75) is 13.0 Å². The van der Waals surface area contributed by atoms with Gasteiger partial charge in [0.25, 0.3) is 0 Å². The van der Waals surface area contributed by atoms with Crippen LogP contribution in [-0.4, -0.2) is 20.2 Å². The van der Waals surface area contributed by atoms with Gasteiger partial charge in [-0.2, -0.15) is 5.10 Å². The second kappa shape index (κ2) is 4.39. The van der Waals surface area contributed by atoms with E-state index in [0.717, 1.165) is 16.0 Å². The van der Waals surface area contributed by atoms with E-state index in [2.05, 4.69) is 41.4 Å². The first kappa shape index (κ1) is 10.1. The molecule has 0 aliphatic heterocycles. The highest BCUT2D eigenvalue weighted by Gasteiger charge is 2.07. The van der Waals surface area contributed by atoms with E-state index in [1.807, 2.05) is 13.0 Å². The highest BCUT2D eigenvalue weighted by atomic mass is 79.9. The van der Waals surface area contributed by atoms with Crippen LogP contribution in [-0.2, 0) is 0 Å². The molecule has 0 aliphatic rings. The Bertz CT molecular complexity index is 428. The van der Waals surface area contributed by atoms with Gasteiger partial charge in [0.1, 0.15) is 12.2 Å². The Morgan fingerprint density at radius 2 is 2.33 bits per heavy atom. The van der Waals surface area contributed by atoms with E-state index in [1.54, 1.807) is 12.4 Å². The fourth-order valence-corrected chi connectivity index (χ4v) is 1.60. The van der Waals surface area contributed by atoms with Crippen LogP contribution in [0, 0.1) is 0 Å². The molecule has 6 heteroatoms. The monoisotopic (exact) mass is 267 g/mol. The molecule has 0 aliphatic carbocycles. The van der Waals surface area contributed by atoms with Gasteiger partial charge in [-0.15, -0.1) is 0 Å². The van der Waals surface area contributed by atoms with E-state index in [9.17, 15) is 0 Å². The molecule has 0 saturated carbocycles. The van der Waals surface area contributed by atoms with E-state index in [4.69, 9.17) is 0 Å². The molecule has 2 aromatic rings. The summed E-state index contributed by atoms with van der Waals surface area (Å²) in [5.41, 5.74) is 0.938. The normalized spacial score (nSPS) is 12.4. The topological polar surface area (TPSA) is 66.5 Å². The van der Waals surface area contributed by atoms with Crippen molar-refractivity contribution in [3.8, 4) is 0 Å². The van der Waals surface area contributed by atoms with Crippen LogP contribution in [0.15, 0.2) is 29.3 Å². The molecule has 5 nitrogen and oxygen atoms in total. The van der Waals surface area contributed by atoms with Gasteiger partial charge in [0, 0.05) is 10.7 Å². The molecule has 0 bridgehead atoms. The van der Waals surface area contributed by atoms with Crippen molar-refractivity contribution in [1.29, 1.82) is 0 Å². The zero-order valence-corrected chi connectivity index (χ0v) is 9.69. The lowest BCUT2D eigenvalue weighted by Gasteiger charge is -2.11. The molecular formula is C9H10BrN5. The van der Waals surface area contributed by atoms with Crippen LogP contribution in [0.5, 0.6) is 0 Å². The third-order valence-corrected chi connectivity index (χ3v) is 2.37. The van der Waals surface area contributed by atoms with E-state index in [-0.39, 0.29) is 6.04 Å². The largest absolute Gasteiger partial charge is 0.374 e. The Hall–Kier alpha value is -1.43. The van der Waals surface area contributed by atoms with Crippen LogP contribution >= 0.6 is 15.9 Å². The molecule has 0 radical (unpaired) electrons. The summed E-state index contributed by atoms with van der Waals surface area (Å²) in [5.74, 6) is 0.801. The van der Waals surface area contributed by atoms with Gasteiger partial charge >= 0.3 is 0 Å². The predicted molar refractivity (Wildman–Crippen MR) is 60.4 cm³/mol. The van der Waals surface area contributed by atoms with Crippen molar-refractivity contribution in [2.24, 2.45) is 0 Å². The average Bonchev–Trinajstić information content (AvgIpc) is 2.70. The Morgan fingerprint density at radius 3 is 3.00 bits per heavy atom. The van der Waals surface area contributed by atoms with Crippen molar-refractivity contribution in [3.63, 3.8) is 0 Å². The second-order valence-electron chi connectivity index (χ2n) is 3.13. The first-order chi connectivity index (χ1) is 7.25. The summed E-state index contributed by atoms with van der Waals surface area (Å²) >= 11 is 3.36. The van der Waals surface area contributed by atoms with Crippen molar-refractivity contribution >= 4 is 21.6 Å². The molecule has 0 amide bonds. The van der Waals surface area contributed by atoms with Crippen LogP contribution in [0.25, 0.3) is 0 Å². The fourth-order valence-electron chi connectivity index (χ4n) is 1.23. The summed E-state index contributed by atoms with van der Waals surface area (Å²) < 4.78 is 0.942. The first-order valence-corrected chi connectivity index (χ1v) is 5.27. The molecule has 1 atom stereocenters. The molecule has 0 spiro atoms. The van der Waals surface area contributed by atoms with Crippen LogP contribution < -0.4 is 5.32 Å². The van der Waals surface area contributed by atoms with Crippen LogP contribution in [0.2, 0.25) is 0 Å². The third kappa shape index (κ3) is 2.53. The molecule has 15 heavy (non-hydrogen) atoms. The number of hydrogen-bond acceptors (Lipinski definition) is 4. The van der Waals surface area contributed by atoms with Gasteiger partial charge in [-0.05, 0) is 28.9 Å². The molecule has 0 saturated heterocycles. The van der Waals surface area contributed by atoms with Crippen LogP contribution in [0.4, 0.5) is 5.69 Å². The number of H-pyrrole nitrogens is 1. The van der Waals surface area contributed by atoms with Gasteiger partial charge < -0.3 is 5.32 Å². The average molecular weight is 268 g/mol. The number of nitrogens with zero attached hydrogens (tertiary/aromatic N) is 3. The van der Waals surface area contributed by atoms with E-state index < -0.39 is 0 Å². The molecule has 78 valence electrons. The van der Waals surface area contributed by atoms with Gasteiger partial charge in [0.05, 0.1) is 17.9 Å². The van der Waals surface area contributed by atoms with Crippen LogP contribution in [0.3, 0.4) is 0 Å². The summed E-state index contributed by atoms with van der Waals surface area (Å²) in [6.45, 7) is 2.00. The van der Waals surface area contributed by atoms with Gasteiger partial charge in [0.2, 0.25) is 0 Å². The summed E-state index contributed by atoms with van der Waals surface area (Å²) in [6.07, 6.45) is 4.99. The molecule has 0 fully saturated rings. The van der Waals surface area contributed by atoms with Gasteiger partial charge in [-0.25, -0.2) is 4.98 Å². The Morgan fingerprint density at radius 1 is 1.47 bits per heavy atom.